The first-order valence-corrected chi connectivity index (χ1v) is 9.40. The molecule has 1 N–H and O–H groups in total. The number of nitrogens with one attached hydrogen (secondary N) is 1. The highest BCUT2D eigenvalue weighted by Crippen LogP contribution is 2.18. The summed E-state index contributed by atoms with van der Waals surface area (Å²) in [7, 11) is 3.27. The van der Waals surface area contributed by atoms with Crippen LogP contribution >= 0.6 is 0 Å². The Bertz CT molecular complexity index is 448. The van der Waals surface area contributed by atoms with Crippen molar-refractivity contribution < 1.29 is 14.3 Å². The Morgan fingerprint density at radius 1 is 1.32 bits per heavy atom. The van der Waals surface area contributed by atoms with Crippen molar-refractivity contribution in [1.82, 2.24) is 15.1 Å². The summed E-state index contributed by atoms with van der Waals surface area (Å²) in [5, 5.41) is 3.45. The van der Waals surface area contributed by atoms with Gasteiger partial charge in [0.2, 0.25) is 0 Å². The van der Waals surface area contributed by atoms with Gasteiger partial charge in [0.25, 0.3) is 0 Å². The van der Waals surface area contributed by atoms with Crippen molar-refractivity contribution in [1.29, 1.82) is 0 Å². The van der Waals surface area contributed by atoms with Crippen molar-refractivity contribution >= 4 is 11.9 Å². The first-order chi connectivity index (χ1) is 12.0. The van der Waals surface area contributed by atoms with Crippen molar-refractivity contribution in [2.45, 2.75) is 32.8 Å². The summed E-state index contributed by atoms with van der Waals surface area (Å²) in [6, 6.07) is 0. The van der Waals surface area contributed by atoms with E-state index in [1.807, 2.05) is 7.05 Å². The van der Waals surface area contributed by atoms with E-state index < -0.39 is 0 Å². The van der Waals surface area contributed by atoms with Crippen LogP contribution in [0.25, 0.3) is 0 Å². The van der Waals surface area contributed by atoms with Gasteiger partial charge < -0.3 is 19.7 Å². The fourth-order valence-corrected chi connectivity index (χ4v) is 3.62. The zero-order chi connectivity index (χ0) is 18.2. The lowest BCUT2D eigenvalue weighted by atomic mass is 9.97. The molecule has 144 valence electrons. The number of hydrogen-bond acceptors (Lipinski definition) is 5. The van der Waals surface area contributed by atoms with E-state index in [9.17, 15) is 4.79 Å². The van der Waals surface area contributed by atoms with Gasteiger partial charge in [-0.05, 0) is 18.8 Å². The number of nitrogens with zero attached hydrogens (tertiary/aromatic N) is 3. The van der Waals surface area contributed by atoms with Crippen molar-refractivity contribution in [3.63, 3.8) is 0 Å². The van der Waals surface area contributed by atoms with Crippen LogP contribution in [-0.2, 0) is 14.3 Å². The average Bonchev–Trinajstić information content (AvgIpc) is 2.62. The molecule has 0 aliphatic carbocycles. The Balaban J connectivity index is 1.76. The molecule has 2 rings (SSSR count). The van der Waals surface area contributed by atoms with Crippen LogP contribution in [0.2, 0.25) is 0 Å². The standard InChI is InChI=1S/C18H34N4O3/c1-14(2)12-21-9-10-25-16(13-21)11-20-18(19-3)22-7-5-15(6-8-22)17(23)24-4/h14-16H,5-13H2,1-4H3,(H,19,20). The molecule has 7 nitrogen and oxygen atoms in total. The summed E-state index contributed by atoms with van der Waals surface area (Å²) in [5.74, 6) is 1.50. The van der Waals surface area contributed by atoms with Gasteiger partial charge in [-0.2, -0.15) is 0 Å². The Labute approximate surface area is 151 Å². The molecule has 2 aliphatic heterocycles. The van der Waals surface area contributed by atoms with Crippen molar-refractivity contribution in [2.75, 3.05) is 60.0 Å². The zero-order valence-corrected chi connectivity index (χ0v) is 16.2. The number of rotatable bonds is 5. The summed E-state index contributed by atoms with van der Waals surface area (Å²) in [6.45, 7) is 10.8. The number of piperidine rings is 1. The number of morpholine rings is 1. The second kappa shape index (κ2) is 9.97. The van der Waals surface area contributed by atoms with Crippen LogP contribution in [0.4, 0.5) is 0 Å². The third-order valence-electron chi connectivity index (χ3n) is 4.87. The molecule has 0 amide bonds. The molecular formula is C18H34N4O3. The van der Waals surface area contributed by atoms with Crippen molar-refractivity contribution in [3.05, 3.63) is 0 Å². The van der Waals surface area contributed by atoms with Gasteiger partial charge >= 0.3 is 5.97 Å². The molecule has 0 saturated carbocycles. The topological polar surface area (TPSA) is 66.4 Å². The molecule has 1 unspecified atom stereocenters. The van der Waals surface area contributed by atoms with Crippen LogP contribution < -0.4 is 5.32 Å². The van der Waals surface area contributed by atoms with Crippen LogP contribution in [0.3, 0.4) is 0 Å². The number of carbonyl (C=O) groups is 1. The summed E-state index contributed by atoms with van der Waals surface area (Å²) in [4.78, 5) is 20.7. The third kappa shape index (κ3) is 6.15. The van der Waals surface area contributed by atoms with Crippen LogP contribution in [0, 0.1) is 11.8 Å². The minimum absolute atomic E-state index is 0.0191. The Morgan fingerprint density at radius 3 is 2.64 bits per heavy atom. The van der Waals surface area contributed by atoms with Gasteiger partial charge in [0.15, 0.2) is 5.96 Å². The predicted molar refractivity (Wildman–Crippen MR) is 98.7 cm³/mol. The molecule has 0 aromatic carbocycles. The first kappa shape index (κ1) is 20.0. The Morgan fingerprint density at radius 2 is 2.04 bits per heavy atom. The van der Waals surface area contributed by atoms with Gasteiger partial charge in [0.05, 0.1) is 25.7 Å². The molecule has 1 atom stereocenters. The highest BCUT2D eigenvalue weighted by atomic mass is 16.5. The normalized spacial score (nSPS) is 23.8. The van der Waals surface area contributed by atoms with Crippen LogP contribution in [0.15, 0.2) is 4.99 Å². The van der Waals surface area contributed by atoms with Gasteiger partial charge in [0, 0.05) is 46.3 Å². The number of aliphatic imine (C=N–C) groups is 1. The van der Waals surface area contributed by atoms with Gasteiger partial charge in [-0.3, -0.25) is 14.7 Å². The Hall–Kier alpha value is -1.34. The number of methoxy groups -OCH3 is 1. The van der Waals surface area contributed by atoms with Gasteiger partial charge in [-0.15, -0.1) is 0 Å². The summed E-state index contributed by atoms with van der Waals surface area (Å²) < 4.78 is 10.7. The number of likely N-dealkylation sites (tertiary alicyclic amines) is 1. The number of guanidine groups is 1. The second-order valence-electron chi connectivity index (χ2n) is 7.36. The number of esters is 1. The maximum Gasteiger partial charge on any atom is 0.308 e. The third-order valence-corrected chi connectivity index (χ3v) is 4.87. The van der Waals surface area contributed by atoms with E-state index in [0.717, 1.165) is 64.7 Å². The minimum atomic E-state index is -0.0940. The van der Waals surface area contributed by atoms with E-state index in [1.165, 1.54) is 7.11 Å². The van der Waals surface area contributed by atoms with E-state index in [1.54, 1.807) is 0 Å². The van der Waals surface area contributed by atoms with Crippen molar-refractivity contribution in [2.24, 2.45) is 16.8 Å². The molecule has 0 spiro atoms. The number of hydrogen-bond donors (Lipinski definition) is 1. The van der Waals surface area contributed by atoms with E-state index in [0.29, 0.717) is 5.92 Å². The van der Waals surface area contributed by atoms with Gasteiger partial charge in [0.1, 0.15) is 0 Å². The summed E-state index contributed by atoms with van der Waals surface area (Å²) in [6.07, 6.45) is 1.82. The van der Waals surface area contributed by atoms with Crippen LogP contribution in [0.1, 0.15) is 26.7 Å². The maximum atomic E-state index is 11.6. The van der Waals surface area contributed by atoms with E-state index in [4.69, 9.17) is 9.47 Å². The average molecular weight is 354 g/mol. The van der Waals surface area contributed by atoms with Gasteiger partial charge in [-0.25, -0.2) is 0 Å². The number of carbonyl (C=O) groups excluding carboxylic acids is 1. The predicted octanol–water partition coefficient (Wildman–Crippen LogP) is 0.804. The van der Waals surface area contributed by atoms with Crippen molar-refractivity contribution in [3.8, 4) is 0 Å². The SMILES string of the molecule is CN=C(NCC1CN(CC(C)C)CCO1)N1CCC(C(=O)OC)CC1. The maximum absolute atomic E-state index is 11.6. The number of ether oxygens (including phenoxy) is 2. The fourth-order valence-electron chi connectivity index (χ4n) is 3.62. The molecule has 2 fully saturated rings. The summed E-state index contributed by atoms with van der Waals surface area (Å²) in [5.41, 5.74) is 0. The smallest absolute Gasteiger partial charge is 0.308 e. The Kier molecular flexibility index (Phi) is 7.96. The minimum Gasteiger partial charge on any atom is -0.469 e. The molecular weight excluding hydrogens is 320 g/mol. The van der Waals surface area contributed by atoms with Crippen LogP contribution in [0.5, 0.6) is 0 Å². The molecule has 7 heteroatoms. The van der Waals surface area contributed by atoms with E-state index >= 15 is 0 Å². The van der Waals surface area contributed by atoms with E-state index in [-0.39, 0.29) is 18.0 Å². The fraction of sp³-hybridized carbons (Fsp3) is 0.889. The molecule has 2 aliphatic rings. The molecule has 0 aromatic heterocycles. The molecule has 2 heterocycles. The first-order valence-electron chi connectivity index (χ1n) is 9.40. The lowest BCUT2D eigenvalue weighted by Gasteiger charge is -2.36. The lowest BCUT2D eigenvalue weighted by Crippen LogP contribution is -2.52. The monoisotopic (exact) mass is 354 g/mol. The second-order valence-corrected chi connectivity index (χ2v) is 7.36. The highest BCUT2D eigenvalue weighted by Gasteiger charge is 2.27. The molecule has 0 radical (unpaired) electrons. The molecule has 2 saturated heterocycles. The lowest BCUT2D eigenvalue weighted by molar-refractivity contribution is -0.146. The summed E-state index contributed by atoms with van der Waals surface area (Å²) >= 11 is 0. The highest BCUT2D eigenvalue weighted by molar-refractivity contribution is 5.80. The van der Waals surface area contributed by atoms with Gasteiger partial charge in [-0.1, -0.05) is 13.8 Å². The van der Waals surface area contributed by atoms with E-state index in [2.05, 4.69) is 34.0 Å². The molecule has 0 bridgehead atoms. The quantitative estimate of drug-likeness (QED) is 0.448. The molecule has 0 aromatic rings. The van der Waals surface area contributed by atoms with Crippen LogP contribution in [-0.4, -0.2) is 87.9 Å². The zero-order valence-electron chi connectivity index (χ0n) is 16.2. The largest absolute Gasteiger partial charge is 0.469 e. The molecule has 25 heavy (non-hydrogen) atoms.